The standard InChI is InChI=1S/C21H31N3O2/c1-13-8-15(9-13)19(25)23-11-16-10-21(2,3)12-24(16)20(26)18-17(6-7-22-18)14-4-5-14/h6-7,13-16,22H,4-5,8-12H2,1-3H3,(H,23,25)/t13?,15?,16-/m0/s1. The number of amides is 2. The molecule has 4 rings (SSSR count). The predicted octanol–water partition coefficient (Wildman–Crippen LogP) is 3.30. The highest BCUT2D eigenvalue weighted by molar-refractivity contribution is 5.94. The fourth-order valence-corrected chi connectivity index (χ4v) is 4.75. The van der Waals surface area contributed by atoms with Gasteiger partial charge in [0.05, 0.1) is 0 Å². The molecule has 2 N–H and O–H groups in total. The smallest absolute Gasteiger partial charge is 0.270 e. The number of nitrogens with one attached hydrogen (secondary N) is 2. The van der Waals surface area contributed by atoms with Crippen LogP contribution in [0.25, 0.3) is 0 Å². The lowest BCUT2D eigenvalue weighted by Gasteiger charge is -2.32. The number of likely N-dealkylation sites (tertiary alicyclic amines) is 1. The molecule has 0 aromatic carbocycles. The van der Waals surface area contributed by atoms with Gasteiger partial charge in [-0.2, -0.15) is 0 Å². The maximum absolute atomic E-state index is 13.2. The van der Waals surface area contributed by atoms with Gasteiger partial charge in [0, 0.05) is 31.2 Å². The molecule has 0 bridgehead atoms. The molecule has 3 fully saturated rings. The Kier molecular flexibility index (Phi) is 4.36. The van der Waals surface area contributed by atoms with E-state index in [1.54, 1.807) is 0 Å². The van der Waals surface area contributed by atoms with Crippen LogP contribution < -0.4 is 5.32 Å². The van der Waals surface area contributed by atoms with Gasteiger partial charge in [-0.1, -0.05) is 20.8 Å². The van der Waals surface area contributed by atoms with Gasteiger partial charge in [0.25, 0.3) is 5.91 Å². The van der Waals surface area contributed by atoms with E-state index in [9.17, 15) is 9.59 Å². The number of hydrogen-bond acceptors (Lipinski definition) is 2. The number of rotatable bonds is 5. The topological polar surface area (TPSA) is 65.2 Å². The molecule has 5 nitrogen and oxygen atoms in total. The molecule has 2 aliphatic carbocycles. The summed E-state index contributed by atoms with van der Waals surface area (Å²) in [5.74, 6) is 1.66. The summed E-state index contributed by atoms with van der Waals surface area (Å²) in [6.45, 7) is 7.92. The molecule has 1 aromatic rings. The van der Waals surface area contributed by atoms with E-state index in [1.165, 1.54) is 18.4 Å². The molecule has 0 unspecified atom stereocenters. The summed E-state index contributed by atoms with van der Waals surface area (Å²) in [6, 6.07) is 2.13. The summed E-state index contributed by atoms with van der Waals surface area (Å²) in [4.78, 5) is 30.7. The number of hydrogen-bond donors (Lipinski definition) is 2. The van der Waals surface area contributed by atoms with Gasteiger partial charge >= 0.3 is 0 Å². The zero-order valence-electron chi connectivity index (χ0n) is 16.2. The van der Waals surface area contributed by atoms with E-state index in [-0.39, 0.29) is 29.2 Å². The second-order valence-corrected chi connectivity index (χ2v) is 9.56. The van der Waals surface area contributed by atoms with Gasteiger partial charge in [-0.15, -0.1) is 0 Å². The van der Waals surface area contributed by atoms with Gasteiger partial charge in [0.1, 0.15) is 5.69 Å². The molecule has 0 radical (unpaired) electrons. The van der Waals surface area contributed by atoms with E-state index in [1.807, 2.05) is 11.1 Å². The number of carbonyl (C=O) groups is 2. The molecule has 5 heteroatoms. The highest BCUT2D eigenvalue weighted by Crippen LogP contribution is 2.42. The van der Waals surface area contributed by atoms with Crippen molar-refractivity contribution in [1.29, 1.82) is 0 Å². The lowest BCUT2D eigenvalue weighted by molar-refractivity contribution is -0.129. The molecule has 142 valence electrons. The van der Waals surface area contributed by atoms with Gasteiger partial charge in [-0.05, 0) is 61.0 Å². The van der Waals surface area contributed by atoms with Crippen LogP contribution in [0.4, 0.5) is 0 Å². The first kappa shape index (κ1) is 17.6. The Hall–Kier alpha value is -1.78. The SMILES string of the molecule is CC1CC(C(=O)NC[C@@H]2CC(C)(C)CN2C(=O)c2[nH]ccc2C2CC2)C1. The van der Waals surface area contributed by atoms with Crippen LogP contribution in [0.1, 0.15) is 74.8 Å². The average molecular weight is 357 g/mol. The minimum atomic E-state index is 0.0781. The normalized spacial score (nSPS) is 30.1. The molecule has 1 aliphatic heterocycles. The quantitative estimate of drug-likeness (QED) is 0.849. The number of aromatic amines is 1. The van der Waals surface area contributed by atoms with Crippen LogP contribution in [0.3, 0.4) is 0 Å². The molecule has 2 amide bonds. The maximum Gasteiger partial charge on any atom is 0.270 e. The van der Waals surface area contributed by atoms with E-state index in [4.69, 9.17) is 0 Å². The van der Waals surface area contributed by atoms with Crippen molar-refractivity contribution in [3.8, 4) is 0 Å². The third-order valence-electron chi connectivity index (χ3n) is 6.35. The van der Waals surface area contributed by atoms with Crippen LogP contribution >= 0.6 is 0 Å². The van der Waals surface area contributed by atoms with Crippen LogP contribution in [-0.2, 0) is 4.79 Å². The van der Waals surface area contributed by atoms with Crippen molar-refractivity contribution < 1.29 is 9.59 Å². The molecule has 2 heterocycles. The van der Waals surface area contributed by atoms with Crippen LogP contribution in [0.2, 0.25) is 0 Å². The van der Waals surface area contributed by atoms with E-state index in [0.29, 0.717) is 18.4 Å². The molecule has 26 heavy (non-hydrogen) atoms. The van der Waals surface area contributed by atoms with Gasteiger partial charge < -0.3 is 15.2 Å². The van der Waals surface area contributed by atoms with Crippen molar-refractivity contribution >= 4 is 11.8 Å². The van der Waals surface area contributed by atoms with Crippen molar-refractivity contribution in [3.63, 3.8) is 0 Å². The maximum atomic E-state index is 13.2. The Morgan fingerprint density at radius 3 is 2.69 bits per heavy atom. The van der Waals surface area contributed by atoms with Gasteiger partial charge in [0.15, 0.2) is 0 Å². The van der Waals surface area contributed by atoms with Crippen LogP contribution in [0.5, 0.6) is 0 Å². The predicted molar refractivity (Wildman–Crippen MR) is 101 cm³/mol. The molecule has 1 saturated heterocycles. The summed E-state index contributed by atoms with van der Waals surface area (Å²) in [5, 5.41) is 3.12. The monoisotopic (exact) mass is 357 g/mol. The van der Waals surface area contributed by atoms with E-state index >= 15 is 0 Å². The first-order chi connectivity index (χ1) is 12.3. The van der Waals surface area contributed by atoms with Crippen molar-refractivity contribution in [2.75, 3.05) is 13.1 Å². The molecule has 1 atom stereocenters. The summed E-state index contributed by atoms with van der Waals surface area (Å²) < 4.78 is 0. The number of H-pyrrole nitrogens is 1. The number of aromatic nitrogens is 1. The van der Waals surface area contributed by atoms with Crippen molar-refractivity contribution in [1.82, 2.24) is 15.2 Å². The van der Waals surface area contributed by atoms with Gasteiger partial charge in [-0.25, -0.2) is 0 Å². The lowest BCUT2D eigenvalue weighted by atomic mass is 9.75. The summed E-state index contributed by atoms with van der Waals surface area (Å²) >= 11 is 0. The second kappa shape index (κ2) is 6.43. The lowest BCUT2D eigenvalue weighted by Crippen LogP contribution is -2.46. The Labute approximate surface area is 155 Å². The second-order valence-electron chi connectivity index (χ2n) is 9.56. The highest BCUT2D eigenvalue weighted by atomic mass is 16.2. The third kappa shape index (κ3) is 3.40. The molecular formula is C21H31N3O2. The summed E-state index contributed by atoms with van der Waals surface area (Å²) in [6.07, 6.45) is 7.18. The van der Waals surface area contributed by atoms with Crippen molar-refractivity contribution in [3.05, 3.63) is 23.5 Å². The minimum Gasteiger partial charge on any atom is -0.357 e. The number of carbonyl (C=O) groups excluding carboxylic acids is 2. The van der Waals surface area contributed by atoms with E-state index < -0.39 is 0 Å². The van der Waals surface area contributed by atoms with Crippen molar-refractivity contribution in [2.45, 2.75) is 64.8 Å². The number of nitrogens with zero attached hydrogens (tertiary/aromatic N) is 1. The first-order valence-electron chi connectivity index (χ1n) is 10.1. The summed E-state index contributed by atoms with van der Waals surface area (Å²) in [5.41, 5.74) is 2.02. The first-order valence-corrected chi connectivity index (χ1v) is 10.1. The minimum absolute atomic E-state index is 0.0781. The molecular weight excluding hydrogens is 326 g/mol. The zero-order chi connectivity index (χ0) is 18.5. The van der Waals surface area contributed by atoms with Crippen LogP contribution in [0.15, 0.2) is 12.3 Å². The van der Waals surface area contributed by atoms with Crippen molar-refractivity contribution in [2.24, 2.45) is 17.3 Å². The van der Waals surface area contributed by atoms with Gasteiger partial charge in [0.2, 0.25) is 5.91 Å². The highest BCUT2D eigenvalue weighted by Gasteiger charge is 2.42. The molecule has 2 saturated carbocycles. The average Bonchev–Trinajstić information content (AvgIpc) is 3.20. The Balaban J connectivity index is 1.43. The van der Waals surface area contributed by atoms with E-state index in [0.717, 1.165) is 31.5 Å². The molecule has 3 aliphatic rings. The largest absolute Gasteiger partial charge is 0.357 e. The molecule has 1 aromatic heterocycles. The van der Waals surface area contributed by atoms with E-state index in [2.05, 4.69) is 37.1 Å². The Bertz CT molecular complexity index is 698. The Morgan fingerprint density at radius 1 is 1.31 bits per heavy atom. The van der Waals surface area contributed by atoms with Gasteiger partial charge in [-0.3, -0.25) is 9.59 Å². The Morgan fingerprint density at radius 2 is 2.04 bits per heavy atom. The third-order valence-corrected chi connectivity index (χ3v) is 6.35. The van der Waals surface area contributed by atoms with Crippen LogP contribution in [0, 0.1) is 17.3 Å². The summed E-state index contributed by atoms with van der Waals surface area (Å²) in [7, 11) is 0. The van der Waals surface area contributed by atoms with Crippen LogP contribution in [-0.4, -0.2) is 40.8 Å². The molecule has 0 spiro atoms. The fourth-order valence-electron chi connectivity index (χ4n) is 4.75. The zero-order valence-corrected chi connectivity index (χ0v) is 16.2. The fraction of sp³-hybridized carbons (Fsp3) is 0.714.